The molecule has 0 amide bonds. The van der Waals surface area contributed by atoms with Crippen LogP contribution < -0.4 is 0 Å². The molecule has 1 aliphatic heterocycles. The van der Waals surface area contributed by atoms with Crippen molar-refractivity contribution < 1.29 is 4.79 Å². The van der Waals surface area contributed by atoms with E-state index in [1.807, 2.05) is 0 Å². The Labute approximate surface area is 41.6 Å². The zero-order valence-corrected chi connectivity index (χ0v) is 3.79. The molecule has 0 saturated heterocycles. The second kappa shape index (κ2) is 1.69. The van der Waals surface area contributed by atoms with Crippen molar-refractivity contribution in [1.82, 2.24) is 0 Å². The topological polar surface area (TPSA) is 29.4 Å². The van der Waals surface area contributed by atoms with Gasteiger partial charge in [0.1, 0.15) is 0 Å². The average molecular weight is 95.1 g/mol. The van der Waals surface area contributed by atoms with E-state index >= 15 is 0 Å². The Hall–Kier alpha value is -0.920. The number of ketones is 1. The Morgan fingerprint density at radius 3 is 2.86 bits per heavy atom. The first-order chi connectivity index (χ1) is 3.39. The van der Waals surface area contributed by atoms with Crippen LogP contribution in [0, 0.1) is 0 Å². The van der Waals surface area contributed by atoms with Gasteiger partial charge in [0, 0.05) is 0 Å². The molecule has 0 bridgehead atoms. The quantitative estimate of drug-likeness (QED) is 0.422. The maximum absolute atomic E-state index is 10.2. The van der Waals surface area contributed by atoms with E-state index in [2.05, 4.69) is 4.99 Å². The maximum atomic E-state index is 10.2. The summed E-state index contributed by atoms with van der Waals surface area (Å²) in [7, 11) is 0. The highest BCUT2D eigenvalue weighted by Gasteiger charge is 1.90. The van der Waals surface area contributed by atoms with Gasteiger partial charge in [-0.05, 0) is 6.08 Å². The van der Waals surface area contributed by atoms with Gasteiger partial charge in [-0.1, -0.05) is 6.08 Å². The summed E-state index contributed by atoms with van der Waals surface area (Å²) in [5.41, 5.74) is 0. The number of hydrogen-bond acceptors (Lipinski definition) is 2. The third-order valence-electron chi connectivity index (χ3n) is 0.711. The first kappa shape index (κ1) is 4.24. The molecule has 1 rings (SSSR count). The van der Waals surface area contributed by atoms with Crippen LogP contribution in [0.4, 0.5) is 0 Å². The molecule has 0 fully saturated rings. The number of hydrogen-bond donors (Lipinski definition) is 0. The zero-order valence-electron chi connectivity index (χ0n) is 3.79. The lowest BCUT2D eigenvalue weighted by molar-refractivity contribution is -0.108. The standard InChI is InChI=1S/C5H5NO/c7-5-2-1-3-6-4-5/h1-2,4H,3H2. The number of carbonyl (C=O) groups excluding carboxylic acids is 1. The Morgan fingerprint density at radius 1 is 1.71 bits per heavy atom. The third kappa shape index (κ3) is 0.961. The van der Waals surface area contributed by atoms with Gasteiger partial charge < -0.3 is 0 Å². The summed E-state index contributed by atoms with van der Waals surface area (Å²) in [5.74, 6) is -0.00810. The van der Waals surface area contributed by atoms with Crippen LogP contribution in [0.25, 0.3) is 0 Å². The fourth-order valence-corrected chi connectivity index (χ4v) is 0.415. The highest BCUT2D eigenvalue weighted by Crippen LogP contribution is 1.82. The van der Waals surface area contributed by atoms with Crippen LogP contribution in [0.2, 0.25) is 0 Å². The molecule has 0 atom stereocenters. The molecular formula is C5H5NO. The van der Waals surface area contributed by atoms with Crippen LogP contribution in [0.5, 0.6) is 0 Å². The fraction of sp³-hybridized carbons (Fsp3) is 0.200. The molecule has 0 radical (unpaired) electrons. The van der Waals surface area contributed by atoms with Crippen molar-refractivity contribution in [1.29, 1.82) is 0 Å². The van der Waals surface area contributed by atoms with Crippen LogP contribution in [0.1, 0.15) is 0 Å². The Kier molecular flexibility index (Phi) is 1.02. The second-order valence-corrected chi connectivity index (χ2v) is 1.30. The van der Waals surface area contributed by atoms with E-state index in [0.717, 1.165) is 0 Å². The van der Waals surface area contributed by atoms with Crippen LogP contribution in [0.15, 0.2) is 17.1 Å². The van der Waals surface area contributed by atoms with Gasteiger partial charge in [0.05, 0.1) is 12.8 Å². The number of nitrogens with zero attached hydrogens (tertiary/aromatic N) is 1. The Bertz CT molecular complexity index is 121. The average Bonchev–Trinajstić information content (AvgIpc) is 1.69. The summed E-state index contributed by atoms with van der Waals surface area (Å²) in [6, 6.07) is 0. The van der Waals surface area contributed by atoms with Crippen LogP contribution in [-0.2, 0) is 4.79 Å². The maximum Gasteiger partial charge on any atom is 0.196 e. The van der Waals surface area contributed by atoms with E-state index in [1.54, 1.807) is 6.08 Å². The Balaban J connectivity index is 2.66. The molecular weight excluding hydrogens is 90.1 g/mol. The van der Waals surface area contributed by atoms with Gasteiger partial charge in [-0.3, -0.25) is 9.79 Å². The van der Waals surface area contributed by atoms with Crippen molar-refractivity contribution in [3.63, 3.8) is 0 Å². The molecule has 0 saturated carbocycles. The number of aliphatic imine (C=N–C) groups is 1. The van der Waals surface area contributed by atoms with Crippen molar-refractivity contribution in [2.75, 3.05) is 6.54 Å². The summed E-state index contributed by atoms with van der Waals surface area (Å²) >= 11 is 0. The smallest absolute Gasteiger partial charge is 0.196 e. The van der Waals surface area contributed by atoms with E-state index in [9.17, 15) is 4.79 Å². The summed E-state index contributed by atoms with van der Waals surface area (Å²) in [6.07, 6.45) is 4.59. The molecule has 0 spiro atoms. The van der Waals surface area contributed by atoms with E-state index < -0.39 is 0 Å². The van der Waals surface area contributed by atoms with Gasteiger partial charge in [-0.15, -0.1) is 0 Å². The Morgan fingerprint density at radius 2 is 2.57 bits per heavy atom. The van der Waals surface area contributed by atoms with E-state index in [1.165, 1.54) is 12.3 Å². The van der Waals surface area contributed by atoms with Gasteiger partial charge >= 0.3 is 0 Å². The molecule has 1 heterocycles. The summed E-state index contributed by atoms with van der Waals surface area (Å²) < 4.78 is 0. The molecule has 1 aliphatic rings. The highest BCUT2D eigenvalue weighted by atomic mass is 16.1. The third-order valence-corrected chi connectivity index (χ3v) is 0.711. The number of allylic oxidation sites excluding steroid dienone is 1. The zero-order chi connectivity index (χ0) is 5.11. The molecule has 0 unspecified atom stereocenters. The predicted octanol–water partition coefficient (Wildman–Crippen LogP) is 0.196. The largest absolute Gasteiger partial charge is 0.288 e. The van der Waals surface area contributed by atoms with Gasteiger partial charge in [-0.25, -0.2) is 0 Å². The lowest BCUT2D eigenvalue weighted by atomic mass is 10.3. The minimum atomic E-state index is -0.00810. The monoisotopic (exact) mass is 95.0 g/mol. The van der Waals surface area contributed by atoms with Crippen LogP contribution in [0.3, 0.4) is 0 Å². The van der Waals surface area contributed by atoms with E-state index in [-0.39, 0.29) is 5.78 Å². The first-order valence-electron chi connectivity index (χ1n) is 2.10. The number of carbonyl (C=O) groups is 1. The molecule has 2 heteroatoms. The van der Waals surface area contributed by atoms with Gasteiger partial charge in [-0.2, -0.15) is 0 Å². The van der Waals surface area contributed by atoms with Gasteiger partial charge in [0.2, 0.25) is 0 Å². The van der Waals surface area contributed by atoms with Crippen LogP contribution >= 0.6 is 0 Å². The van der Waals surface area contributed by atoms with Crippen molar-refractivity contribution in [3.05, 3.63) is 12.2 Å². The SMILES string of the molecule is O=C1C=CCN=C1. The van der Waals surface area contributed by atoms with Gasteiger partial charge in [0.25, 0.3) is 0 Å². The van der Waals surface area contributed by atoms with Crippen molar-refractivity contribution in [3.8, 4) is 0 Å². The fourth-order valence-electron chi connectivity index (χ4n) is 0.415. The van der Waals surface area contributed by atoms with Gasteiger partial charge in [0.15, 0.2) is 5.78 Å². The molecule has 0 N–H and O–H groups in total. The summed E-state index contributed by atoms with van der Waals surface area (Å²) in [6.45, 7) is 0.658. The lowest BCUT2D eigenvalue weighted by Gasteiger charge is -1.87. The number of dihydropyridines is 1. The van der Waals surface area contributed by atoms with Crippen molar-refractivity contribution in [2.45, 2.75) is 0 Å². The number of rotatable bonds is 0. The molecule has 0 aromatic rings. The minimum Gasteiger partial charge on any atom is -0.288 e. The van der Waals surface area contributed by atoms with E-state index in [0.29, 0.717) is 6.54 Å². The predicted molar refractivity (Wildman–Crippen MR) is 27.5 cm³/mol. The second-order valence-electron chi connectivity index (χ2n) is 1.30. The molecule has 0 aromatic heterocycles. The van der Waals surface area contributed by atoms with E-state index in [4.69, 9.17) is 0 Å². The van der Waals surface area contributed by atoms with Crippen LogP contribution in [-0.4, -0.2) is 18.5 Å². The molecule has 0 aliphatic carbocycles. The minimum absolute atomic E-state index is 0.00810. The molecule has 0 aromatic carbocycles. The van der Waals surface area contributed by atoms with Crippen molar-refractivity contribution >= 4 is 12.0 Å². The lowest BCUT2D eigenvalue weighted by Crippen LogP contribution is -1.98. The molecule has 36 valence electrons. The molecule has 7 heavy (non-hydrogen) atoms. The first-order valence-corrected chi connectivity index (χ1v) is 2.10. The summed E-state index contributed by atoms with van der Waals surface area (Å²) in [5, 5.41) is 0. The highest BCUT2D eigenvalue weighted by molar-refractivity contribution is 6.33. The normalized spacial score (nSPS) is 18.0. The molecule has 2 nitrogen and oxygen atoms in total. The summed E-state index contributed by atoms with van der Waals surface area (Å²) in [4.78, 5) is 13.9. The van der Waals surface area contributed by atoms with Crippen molar-refractivity contribution in [2.24, 2.45) is 4.99 Å².